The van der Waals surface area contributed by atoms with Gasteiger partial charge >= 0.3 is 0 Å². The van der Waals surface area contributed by atoms with E-state index in [-0.39, 0.29) is 24.0 Å². The van der Waals surface area contributed by atoms with Gasteiger partial charge in [0, 0.05) is 12.0 Å². The third-order valence-corrected chi connectivity index (χ3v) is 4.29. The molecule has 0 radical (unpaired) electrons. The van der Waals surface area contributed by atoms with Gasteiger partial charge in [0.25, 0.3) is 0 Å². The maximum Gasteiger partial charge on any atom is 0.223 e. The number of amides is 1. The highest BCUT2D eigenvalue weighted by molar-refractivity contribution is 5.79. The smallest absolute Gasteiger partial charge is 0.223 e. The van der Waals surface area contributed by atoms with Gasteiger partial charge in [0.2, 0.25) is 5.91 Å². The lowest BCUT2D eigenvalue weighted by atomic mass is 9.91. The van der Waals surface area contributed by atoms with Gasteiger partial charge in [-0.3, -0.25) is 4.79 Å². The lowest BCUT2D eigenvalue weighted by molar-refractivity contribution is -0.127. The molecular formula is C13H24N2O2. The molecule has 2 fully saturated rings. The van der Waals surface area contributed by atoms with Gasteiger partial charge in [-0.15, -0.1) is 0 Å². The van der Waals surface area contributed by atoms with E-state index in [0.717, 1.165) is 38.5 Å². The van der Waals surface area contributed by atoms with Crippen LogP contribution in [-0.4, -0.2) is 29.7 Å². The minimum absolute atomic E-state index is 0.110. The lowest BCUT2D eigenvalue weighted by Gasteiger charge is -2.28. The fourth-order valence-corrected chi connectivity index (χ4v) is 3.27. The van der Waals surface area contributed by atoms with Gasteiger partial charge in [-0.1, -0.05) is 6.42 Å². The van der Waals surface area contributed by atoms with E-state index in [1.807, 2.05) is 0 Å². The van der Waals surface area contributed by atoms with Crippen molar-refractivity contribution in [1.29, 1.82) is 0 Å². The predicted octanol–water partition coefficient (Wildman–Crippen LogP) is 0.781. The van der Waals surface area contributed by atoms with Crippen LogP contribution in [0, 0.1) is 11.8 Å². The van der Waals surface area contributed by atoms with Gasteiger partial charge in [0.1, 0.15) is 0 Å². The van der Waals surface area contributed by atoms with Crippen LogP contribution >= 0.6 is 0 Å². The fourth-order valence-electron chi connectivity index (χ4n) is 3.27. The minimum atomic E-state index is -0.233. The predicted molar refractivity (Wildman–Crippen MR) is 66.3 cm³/mol. The highest BCUT2D eigenvalue weighted by Crippen LogP contribution is 2.31. The Balaban J connectivity index is 1.83. The van der Waals surface area contributed by atoms with E-state index in [9.17, 15) is 9.90 Å². The molecule has 4 nitrogen and oxygen atoms in total. The van der Waals surface area contributed by atoms with Crippen molar-refractivity contribution in [2.24, 2.45) is 17.6 Å². The zero-order valence-electron chi connectivity index (χ0n) is 10.4. The highest BCUT2D eigenvalue weighted by Gasteiger charge is 2.33. The first-order valence-corrected chi connectivity index (χ1v) is 6.89. The molecule has 0 aliphatic heterocycles. The van der Waals surface area contributed by atoms with E-state index in [2.05, 4.69) is 5.32 Å². The van der Waals surface area contributed by atoms with Crippen LogP contribution in [0.4, 0.5) is 0 Å². The number of nitrogens with two attached hydrogens (primary N) is 1. The summed E-state index contributed by atoms with van der Waals surface area (Å²) in [7, 11) is 0. The number of aliphatic hydroxyl groups excluding tert-OH is 1. The van der Waals surface area contributed by atoms with Crippen molar-refractivity contribution in [3.05, 3.63) is 0 Å². The molecule has 17 heavy (non-hydrogen) atoms. The first kappa shape index (κ1) is 12.8. The molecular weight excluding hydrogens is 216 g/mol. The summed E-state index contributed by atoms with van der Waals surface area (Å²) in [5.74, 6) is 0.639. The second-order valence-corrected chi connectivity index (χ2v) is 5.56. The van der Waals surface area contributed by atoms with Gasteiger partial charge < -0.3 is 16.2 Å². The first-order chi connectivity index (χ1) is 8.20. The lowest BCUT2D eigenvalue weighted by Crippen LogP contribution is -2.44. The quantitative estimate of drug-likeness (QED) is 0.682. The van der Waals surface area contributed by atoms with E-state index in [0.29, 0.717) is 18.9 Å². The summed E-state index contributed by atoms with van der Waals surface area (Å²) >= 11 is 0. The third-order valence-electron chi connectivity index (χ3n) is 4.29. The summed E-state index contributed by atoms with van der Waals surface area (Å²) in [6.07, 6.45) is 6.55. The van der Waals surface area contributed by atoms with Crippen molar-refractivity contribution in [2.45, 2.75) is 57.1 Å². The molecule has 0 aromatic carbocycles. The van der Waals surface area contributed by atoms with Gasteiger partial charge in [0.05, 0.1) is 6.10 Å². The topological polar surface area (TPSA) is 75.4 Å². The summed E-state index contributed by atoms with van der Waals surface area (Å²) in [5, 5.41) is 12.7. The zero-order valence-corrected chi connectivity index (χ0v) is 10.4. The molecule has 2 rings (SSSR count). The van der Waals surface area contributed by atoms with Crippen LogP contribution in [-0.2, 0) is 4.79 Å². The molecule has 2 aliphatic rings. The SMILES string of the molecule is NCC1CCCC1C(=O)NC1CCCC(O)C1. The first-order valence-electron chi connectivity index (χ1n) is 6.89. The standard InChI is InChI=1S/C13H24N2O2/c14-8-9-3-1-6-12(9)13(17)15-10-4-2-5-11(16)7-10/h9-12,16H,1-8,14H2,(H,15,17). The molecule has 4 heteroatoms. The number of aliphatic hydroxyl groups is 1. The Hall–Kier alpha value is -0.610. The summed E-state index contributed by atoms with van der Waals surface area (Å²) in [6, 6.07) is 0.172. The molecule has 98 valence electrons. The summed E-state index contributed by atoms with van der Waals surface area (Å²) in [4.78, 5) is 12.1. The van der Waals surface area contributed by atoms with Crippen LogP contribution in [0.2, 0.25) is 0 Å². The maximum absolute atomic E-state index is 12.1. The van der Waals surface area contributed by atoms with Gasteiger partial charge in [-0.05, 0) is 51.0 Å². The molecule has 4 N–H and O–H groups in total. The molecule has 0 heterocycles. The van der Waals surface area contributed by atoms with E-state index in [1.54, 1.807) is 0 Å². The van der Waals surface area contributed by atoms with Crippen LogP contribution in [0.1, 0.15) is 44.9 Å². The van der Waals surface area contributed by atoms with Crippen molar-refractivity contribution in [3.63, 3.8) is 0 Å². The molecule has 0 saturated heterocycles. The monoisotopic (exact) mass is 240 g/mol. The van der Waals surface area contributed by atoms with Gasteiger partial charge in [-0.25, -0.2) is 0 Å². The van der Waals surface area contributed by atoms with Crippen LogP contribution in [0.3, 0.4) is 0 Å². The number of carbonyl (C=O) groups is 1. The molecule has 0 aromatic rings. The Morgan fingerprint density at radius 3 is 2.71 bits per heavy atom. The Kier molecular flexibility index (Phi) is 4.40. The number of hydrogen-bond acceptors (Lipinski definition) is 3. The number of rotatable bonds is 3. The summed E-state index contributed by atoms with van der Waals surface area (Å²) in [6.45, 7) is 0.616. The fraction of sp³-hybridized carbons (Fsp3) is 0.923. The Labute approximate surface area is 103 Å². The number of nitrogens with one attached hydrogen (secondary N) is 1. The molecule has 1 amide bonds. The van der Waals surface area contributed by atoms with Crippen molar-refractivity contribution in [3.8, 4) is 0 Å². The second kappa shape index (κ2) is 5.83. The molecule has 2 aliphatic carbocycles. The average molecular weight is 240 g/mol. The average Bonchev–Trinajstić information content (AvgIpc) is 2.77. The van der Waals surface area contributed by atoms with Crippen LogP contribution in [0.15, 0.2) is 0 Å². The molecule has 2 saturated carbocycles. The van der Waals surface area contributed by atoms with Crippen molar-refractivity contribution in [2.75, 3.05) is 6.54 Å². The minimum Gasteiger partial charge on any atom is -0.393 e. The maximum atomic E-state index is 12.1. The van der Waals surface area contributed by atoms with Crippen LogP contribution in [0.5, 0.6) is 0 Å². The zero-order chi connectivity index (χ0) is 12.3. The number of hydrogen-bond donors (Lipinski definition) is 3. The second-order valence-electron chi connectivity index (χ2n) is 5.56. The van der Waals surface area contributed by atoms with Gasteiger partial charge in [0.15, 0.2) is 0 Å². The van der Waals surface area contributed by atoms with Crippen molar-refractivity contribution >= 4 is 5.91 Å². The summed E-state index contributed by atoms with van der Waals surface area (Å²) in [5.41, 5.74) is 5.70. The van der Waals surface area contributed by atoms with Crippen molar-refractivity contribution < 1.29 is 9.90 Å². The molecule has 4 unspecified atom stereocenters. The molecule has 0 aromatic heterocycles. The third kappa shape index (κ3) is 3.19. The molecule has 0 spiro atoms. The van der Waals surface area contributed by atoms with Crippen LogP contribution < -0.4 is 11.1 Å². The highest BCUT2D eigenvalue weighted by atomic mass is 16.3. The molecule has 4 atom stereocenters. The van der Waals surface area contributed by atoms with E-state index in [4.69, 9.17) is 5.73 Å². The van der Waals surface area contributed by atoms with Gasteiger partial charge in [-0.2, -0.15) is 0 Å². The van der Waals surface area contributed by atoms with Crippen molar-refractivity contribution in [1.82, 2.24) is 5.32 Å². The largest absolute Gasteiger partial charge is 0.393 e. The summed E-state index contributed by atoms with van der Waals surface area (Å²) < 4.78 is 0. The van der Waals surface area contributed by atoms with E-state index in [1.165, 1.54) is 0 Å². The van der Waals surface area contributed by atoms with E-state index < -0.39 is 0 Å². The number of carbonyl (C=O) groups excluding carboxylic acids is 1. The molecule has 0 bridgehead atoms. The Morgan fingerprint density at radius 1 is 1.24 bits per heavy atom. The Bertz CT molecular complexity index is 270. The normalized spacial score (nSPS) is 38.0. The Morgan fingerprint density at radius 2 is 2.00 bits per heavy atom. The van der Waals surface area contributed by atoms with E-state index >= 15 is 0 Å². The van der Waals surface area contributed by atoms with Crippen LogP contribution in [0.25, 0.3) is 0 Å².